The lowest BCUT2D eigenvalue weighted by Crippen LogP contribution is -2.13. The Morgan fingerprint density at radius 1 is 1.48 bits per heavy atom. The monoisotopic (exact) mass is 286 g/mol. The van der Waals surface area contributed by atoms with Gasteiger partial charge >= 0.3 is 0 Å². The first-order chi connectivity index (χ1) is 10.2. The Morgan fingerprint density at radius 2 is 2.33 bits per heavy atom. The van der Waals surface area contributed by atoms with Crippen molar-refractivity contribution in [1.82, 2.24) is 15.2 Å². The summed E-state index contributed by atoms with van der Waals surface area (Å²) in [4.78, 5) is 16.0. The fraction of sp³-hybridized carbons (Fsp3) is 0.214. The maximum atomic E-state index is 12.2. The maximum Gasteiger partial charge on any atom is 0.294 e. The van der Waals surface area contributed by atoms with Gasteiger partial charge in [0.05, 0.1) is 6.61 Å². The Morgan fingerprint density at radius 3 is 3.05 bits per heavy atom. The molecule has 2 aromatic heterocycles. The maximum absolute atomic E-state index is 12.2. The predicted octanol–water partition coefficient (Wildman–Crippen LogP) is 2.51. The fourth-order valence-corrected chi connectivity index (χ4v) is 2.10. The molecule has 7 heteroatoms. The van der Waals surface area contributed by atoms with Gasteiger partial charge in [-0.1, -0.05) is 0 Å². The normalized spacial score (nSPS) is 10.8. The van der Waals surface area contributed by atoms with Gasteiger partial charge in [0.2, 0.25) is 5.95 Å². The van der Waals surface area contributed by atoms with Gasteiger partial charge in [-0.3, -0.25) is 10.1 Å². The minimum atomic E-state index is -0.376. The third-order valence-electron chi connectivity index (χ3n) is 3.07. The second-order valence-corrected chi connectivity index (χ2v) is 4.44. The van der Waals surface area contributed by atoms with Gasteiger partial charge < -0.3 is 9.15 Å². The highest BCUT2D eigenvalue weighted by molar-refractivity contribution is 6.05. The number of rotatable bonds is 4. The summed E-state index contributed by atoms with van der Waals surface area (Å²) in [7, 11) is 0. The number of nitrogens with zero attached hydrogens (tertiary/aromatic N) is 2. The van der Waals surface area contributed by atoms with E-state index in [2.05, 4.69) is 20.5 Å². The van der Waals surface area contributed by atoms with E-state index < -0.39 is 0 Å². The van der Waals surface area contributed by atoms with Gasteiger partial charge in [0.25, 0.3) is 5.91 Å². The first-order valence-corrected chi connectivity index (χ1v) is 6.51. The molecule has 1 aromatic carbocycles. The molecule has 0 unspecified atom stereocenters. The number of hydrogen-bond donors (Lipinski definition) is 2. The minimum Gasteiger partial charge on any atom is -0.494 e. The Labute approximate surface area is 120 Å². The summed E-state index contributed by atoms with van der Waals surface area (Å²) >= 11 is 0. The highest BCUT2D eigenvalue weighted by Gasteiger charge is 2.19. The van der Waals surface area contributed by atoms with Gasteiger partial charge in [-0.25, -0.2) is 5.10 Å². The van der Waals surface area contributed by atoms with Gasteiger partial charge in [-0.05, 0) is 32.0 Å². The van der Waals surface area contributed by atoms with Crippen LogP contribution < -0.4 is 10.1 Å². The van der Waals surface area contributed by atoms with Crippen LogP contribution in [0.15, 0.2) is 28.9 Å². The number of carbonyl (C=O) groups is 1. The van der Waals surface area contributed by atoms with Crippen LogP contribution in [-0.4, -0.2) is 27.7 Å². The van der Waals surface area contributed by atoms with E-state index in [9.17, 15) is 4.79 Å². The Balaban J connectivity index is 1.95. The van der Waals surface area contributed by atoms with Crippen LogP contribution in [0, 0.1) is 6.92 Å². The number of ether oxygens (including phenoxy) is 1. The van der Waals surface area contributed by atoms with E-state index in [1.807, 2.05) is 26.0 Å². The van der Waals surface area contributed by atoms with Crippen molar-refractivity contribution < 1.29 is 13.9 Å². The van der Waals surface area contributed by atoms with Gasteiger partial charge in [0.15, 0.2) is 5.76 Å². The molecular formula is C14H14N4O3. The van der Waals surface area contributed by atoms with E-state index in [1.54, 1.807) is 6.07 Å². The average molecular weight is 286 g/mol. The molecule has 0 fully saturated rings. The van der Waals surface area contributed by atoms with E-state index >= 15 is 0 Å². The largest absolute Gasteiger partial charge is 0.494 e. The fourth-order valence-electron chi connectivity index (χ4n) is 2.10. The second-order valence-electron chi connectivity index (χ2n) is 4.44. The highest BCUT2D eigenvalue weighted by atomic mass is 16.5. The summed E-state index contributed by atoms with van der Waals surface area (Å²) in [5, 5.41) is 9.67. The lowest BCUT2D eigenvalue weighted by Gasteiger charge is -2.01. The molecule has 0 saturated heterocycles. The Kier molecular flexibility index (Phi) is 3.31. The number of amides is 1. The molecule has 2 heterocycles. The molecule has 3 aromatic rings. The molecule has 0 spiro atoms. The topological polar surface area (TPSA) is 93.0 Å². The zero-order chi connectivity index (χ0) is 14.8. The third kappa shape index (κ3) is 2.45. The molecule has 1 amide bonds. The molecule has 0 saturated carbocycles. The number of nitrogens with one attached hydrogen (secondary N) is 2. The molecule has 108 valence electrons. The van der Waals surface area contributed by atoms with E-state index in [-0.39, 0.29) is 17.6 Å². The molecule has 2 N–H and O–H groups in total. The number of aryl methyl sites for hydroxylation is 1. The SMILES string of the molecule is CCOc1ccc2oc(C(=O)Nc3ncn[nH]3)c(C)c2c1. The van der Waals surface area contributed by atoms with Crippen LogP contribution in [-0.2, 0) is 0 Å². The molecule has 0 bridgehead atoms. The molecule has 0 radical (unpaired) electrons. The lowest BCUT2D eigenvalue weighted by atomic mass is 10.1. The lowest BCUT2D eigenvalue weighted by molar-refractivity contribution is 0.0997. The summed E-state index contributed by atoms with van der Waals surface area (Å²) in [5.74, 6) is 0.888. The molecule has 3 rings (SSSR count). The Bertz CT molecular complexity index is 777. The van der Waals surface area contributed by atoms with Crippen molar-refractivity contribution in [3.8, 4) is 5.75 Å². The van der Waals surface area contributed by atoms with E-state index in [0.29, 0.717) is 12.2 Å². The first-order valence-electron chi connectivity index (χ1n) is 6.51. The van der Waals surface area contributed by atoms with Gasteiger partial charge in [0, 0.05) is 10.9 Å². The van der Waals surface area contributed by atoms with Crippen molar-refractivity contribution in [2.75, 3.05) is 11.9 Å². The molecule has 0 atom stereocenters. The summed E-state index contributed by atoms with van der Waals surface area (Å²) in [6, 6.07) is 5.47. The van der Waals surface area contributed by atoms with Crippen molar-refractivity contribution in [2.45, 2.75) is 13.8 Å². The number of benzene rings is 1. The molecule has 7 nitrogen and oxygen atoms in total. The molecular weight excluding hydrogens is 272 g/mol. The average Bonchev–Trinajstić information content (AvgIpc) is 3.08. The van der Waals surface area contributed by atoms with Crippen LogP contribution in [0.1, 0.15) is 23.0 Å². The predicted molar refractivity (Wildman–Crippen MR) is 76.5 cm³/mol. The van der Waals surface area contributed by atoms with Crippen LogP contribution in [0.4, 0.5) is 5.95 Å². The highest BCUT2D eigenvalue weighted by Crippen LogP contribution is 2.29. The second kappa shape index (κ2) is 5.28. The number of carbonyl (C=O) groups excluding carboxylic acids is 1. The Hall–Kier alpha value is -2.83. The van der Waals surface area contributed by atoms with Crippen molar-refractivity contribution in [2.24, 2.45) is 0 Å². The van der Waals surface area contributed by atoms with Crippen LogP contribution in [0.3, 0.4) is 0 Å². The van der Waals surface area contributed by atoms with E-state index in [1.165, 1.54) is 6.33 Å². The standard InChI is InChI=1S/C14H14N4O3/c1-3-20-9-4-5-11-10(6-9)8(2)12(21-11)13(19)17-14-15-7-16-18-14/h4-7H,3H2,1-2H3,(H2,15,16,17,18,19). The van der Waals surface area contributed by atoms with E-state index in [0.717, 1.165) is 16.7 Å². The van der Waals surface area contributed by atoms with Crippen molar-refractivity contribution in [3.63, 3.8) is 0 Å². The number of aromatic nitrogens is 3. The quantitative estimate of drug-likeness (QED) is 0.768. The zero-order valence-corrected chi connectivity index (χ0v) is 11.6. The van der Waals surface area contributed by atoms with Gasteiger partial charge in [-0.2, -0.15) is 10.1 Å². The van der Waals surface area contributed by atoms with Crippen LogP contribution >= 0.6 is 0 Å². The van der Waals surface area contributed by atoms with Gasteiger partial charge in [0.1, 0.15) is 17.7 Å². The number of hydrogen-bond acceptors (Lipinski definition) is 5. The summed E-state index contributed by atoms with van der Waals surface area (Å²) in [5.41, 5.74) is 1.39. The third-order valence-corrected chi connectivity index (χ3v) is 3.07. The molecule has 21 heavy (non-hydrogen) atoms. The van der Waals surface area contributed by atoms with Crippen molar-refractivity contribution in [3.05, 3.63) is 35.9 Å². The summed E-state index contributed by atoms with van der Waals surface area (Å²) in [6.45, 7) is 4.33. The number of anilines is 1. The van der Waals surface area contributed by atoms with Crippen LogP contribution in [0.2, 0.25) is 0 Å². The molecule has 0 aliphatic carbocycles. The van der Waals surface area contributed by atoms with Crippen molar-refractivity contribution in [1.29, 1.82) is 0 Å². The number of aromatic amines is 1. The summed E-state index contributed by atoms with van der Waals surface area (Å²) in [6.07, 6.45) is 1.31. The van der Waals surface area contributed by atoms with E-state index in [4.69, 9.17) is 9.15 Å². The smallest absolute Gasteiger partial charge is 0.294 e. The minimum absolute atomic E-state index is 0.245. The number of H-pyrrole nitrogens is 1. The van der Waals surface area contributed by atoms with Crippen molar-refractivity contribution >= 4 is 22.8 Å². The molecule has 0 aliphatic heterocycles. The first kappa shape index (κ1) is 13.2. The zero-order valence-electron chi connectivity index (χ0n) is 11.6. The number of furan rings is 1. The summed E-state index contributed by atoms with van der Waals surface area (Å²) < 4.78 is 11.1. The van der Waals surface area contributed by atoms with Crippen LogP contribution in [0.25, 0.3) is 11.0 Å². The number of fused-ring (bicyclic) bond motifs is 1. The van der Waals surface area contributed by atoms with Crippen LogP contribution in [0.5, 0.6) is 5.75 Å². The molecule has 0 aliphatic rings. The van der Waals surface area contributed by atoms with Gasteiger partial charge in [-0.15, -0.1) is 0 Å².